The van der Waals surface area contributed by atoms with Crippen LogP contribution in [0.25, 0.3) is 0 Å². The lowest BCUT2D eigenvalue weighted by atomic mass is 10.1. The number of amides is 1. The minimum Gasteiger partial charge on any atom is -0.368 e. The van der Waals surface area contributed by atoms with E-state index in [0.29, 0.717) is 19.2 Å². The van der Waals surface area contributed by atoms with Crippen LogP contribution in [0.4, 0.5) is 10.7 Å². The van der Waals surface area contributed by atoms with Gasteiger partial charge in [-0.3, -0.25) is 9.79 Å². The molecule has 1 aromatic carbocycles. The van der Waals surface area contributed by atoms with Crippen molar-refractivity contribution in [2.45, 2.75) is 44.4 Å². The van der Waals surface area contributed by atoms with Gasteiger partial charge in [-0.25, -0.2) is 0 Å². The zero-order chi connectivity index (χ0) is 21.5. The maximum Gasteiger partial charge on any atom is 0.253 e. The molecule has 0 spiro atoms. The average molecular weight is 442 g/mol. The van der Waals surface area contributed by atoms with Crippen LogP contribution in [0.5, 0.6) is 0 Å². The Bertz CT molecular complexity index is 872. The van der Waals surface area contributed by atoms with Gasteiger partial charge in [0.15, 0.2) is 5.96 Å². The highest BCUT2D eigenvalue weighted by Crippen LogP contribution is 2.24. The van der Waals surface area contributed by atoms with Gasteiger partial charge in [0.1, 0.15) is 6.10 Å². The molecule has 0 saturated carbocycles. The van der Waals surface area contributed by atoms with Crippen molar-refractivity contribution < 1.29 is 9.53 Å². The van der Waals surface area contributed by atoms with Gasteiger partial charge in [-0.05, 0) is 60.9 Å². The van der Waals surface area contributed by atoms with Gasteiger partial charge in [0.05, 0.1) is 5.00 Å². The summed E-state index contributed by atoms with van der Waals surface area (Å²) in [7, 11) is 1.80. The molecule has 3 heterocycles. The predicted molar refractivity (Wildman–Crippen MR) is 127 cm³/mol. The van der Waals surface area contributed by atoms with Gasteiger partial charge < -0.3 is 25.6 Å². The van der Waals surface area contributed by atoms with Crippen LogP contribution in [0.2, 0.25) is 0 Å². The van der Waals surface area contributed by atoms with Gasteiger partial charge >= 0.3 is 0 Å². The zero-order valence-corrected chi connectivity index (χ0v) is 18.8. The standard InChI is InChI=1S/C23H31N5O2S/c1-24-23(27-18-9-11-28(12-10-18)21-8-4-14-31-21)25-16-17-5-2-6-19(15-17)26-22(29)20-7-3-13-30-20/h2,4-6,8,14-15,18,20H,3,7,9-13,16H2,1H3,(H,26,29)(H2,24,25,27). The average Bonchev–Trinajstić information content (AvgIpc) is 3.52. The van der Waals surface area contributed by atoms with Gasteiger partial charge in [-0.15, -0.1) is 11.3 Å². The number of carbonyl (C=O) groups excluding carboxylic acids is 1. The van der Waals surface area contributed by atoms with E-state index < -0.39 is 0 Å². The molecular formula is C23H31N5O2S. The van der Waals surface area contributed by atoms with Gasteiger partial charge in [0.25, 0.3) is 5.91 Å². The summed E-state index contributed by atoms with van der Waals surface area (Å²) in [5, 5.41) is 13.4. The quantitative estimate of drug-likeness (QED) is 0.474. The Kier molecular flexibility index (Phi) is 7.43. The largest absolute Gasteiger partial charge is 0.368 e. The molecule has 8 heteroatoms. The first-order valence-corrected chi connectivity index (χ1v) is 11.9. The third kappa shape index (κ3) is 5.98. The number of nitrogens with one attached hydrogen (secondary N) is 3. The number of piperidine rings is 1. The predicted octanol–water partition coefficient (Wildman–Crippen LogP) is 3.20. The molecule has 31 heavy (non-hydrogen) atoms. The van der Waals surface area contributed by atoms with Crippen LogP contribution in [0.15, 0.2) is 46.8 Å². The van der Waals surface area contributed by atoms with E-state index in [-0.39, 0.29) is 12.0 Å². The Hall–Kier alpha value is -2.58. The molecule has 166 valence electrons. The first-order valence-electron chi connectivity index (χ1n) is 11.0. The van der Waals surface area contributed by atoms with Crippen molar-refractivity contribution in [1.29, 1.82) is 0 Å². The van der Waals surface area contributed by atoms with Crippen LogP contribution in [-0.2, 0) is 16.1 Å². The summed E-state index contributed by atoms with van der Waals surface area (Å²) in [6.45, 7) is 3.42. The van der Waals surface area contributed by atoms with Crippen LogP contribution in [0.1, 0.15) is 31.2 Å². The van der Waals surface area contributed by atoms with Crippen LogP contribution >= 0.6 is 11.3 Å². The summed E-state index contributed by atoms with van der Waals surface area (Å²) in [5.41, 5.74) is 1.88. The lowest BCUT2D eigenvalue weighted by Gasteiger charge is -2.33. The molecule has 0 radical (unpaired) electrons. The van der Waals surface area contributed by atoms with Crippen LogP contribution in [-0.4, -0.2) is 50.8 Å². The van der Waals surface area contributed by atoms with Gasteiger partial charge in [-0.2, -0.15) is 0 Å². The first kappa shape index (κ1) is 21.6. The molecule has 3 N–H and O–H groups in total. The van der Waals surface area contributed by atoms with E-state index in [9.17, 15) is 4.79 Å². The lowest BCUT2D eigenvalue weighted by Crippen LogP contribution is -2.48. The molecule has 4 rings (SSSR count). The van der Waals surface area contributed by atoms with Gasteiger partial charge in [-0.1, -0.05) is 12.1 Å². The van der Waals surface area contributed by atoms with Crippen molar-refractivity contribution in [2.24, 2.45) is 4.99 Å². The topological polar surface area (TPSA) is 78.0 Å². The summed E-state index contributed by atoms with van der Waals surface area (Å²) in [6.07, 6.45) is 3.59. The number of hydrogen-bond acceptors (Lipinski definition) is 5. The molecule has 2 saturated heterocycles. The number of carbonyl (C=O) groups is 1. The van der Waals surface area contributed by atoms with E-state index in [1.807, 2.05) is 24.3 Å². The Balaban J connectivity index is 1.24. The second-order valence-electron chi connectivity index (χ2n) is 7.97. The van der Waals surface area contributed by atoms with Crippen molar-refractivity contribution >= 4 is 33.9 Å². The number of guanidine groups is 1. The van der Waals surface area contributed by atoms with E-state index in [4.69, 9.17) is 4.74 Å². The van der Waals surface area contributed by atoms with E-state index in [2.05, 4.69) is 43.4 Å². The van der Waals surface area contributed by atoms with Crippen LogP contribution in [0.3, 0.4) is 0 Å². The third-order valence-electron chi connectivity index (χ3n) is 5.75. The molecule has 0 bridgehead atoms. The number of hydrogen-bond donors (Lipinski definition) is 3. The van der Waals surface area contributed by atoms with Crippen LogP contribution in [0, 0.1) is 0 Å². The zero-order valence-electron chi connectivity index (χ0n) is 18.0. The highest BCUT2D eigenvalue weighted by Gasteiger charge is 2.23. The normalized spacial score (nSPS) is 20.0. The Morgan fingerprint density at radius 2 is 2.10 bits per heavy atom. The van der Waals surface area contributed by atoms with Crippen molar-refractivity contribution in [3.63, 3.8) is 0 Å². The molecular weight excluding hydrogens is 410 g/mol. The fraction of sp³-hybridized carbons (Fsp3) is 0.478. The number of aliphatic imine (C=N–C) groups is 1. The molecule has 0 aliphatic carbocycles. The maximum absolute atomic E-state index is 12.3. The van der Waals surface area contributed by atoms with Crippen molar-refractivity contribution in [3.05, 3.63) is 47.3 Å². The molecule has 1 aromatic heterocycles. The maximum atomic E-state index is 12.3. The highest BCUT2D eigenvalue weighted by molar-refractivity contribution is 7.14. The smallest absolute Gasteiger partial charge is 0.253 e. The number of rotatable bonds is 6. The summed E-state index contributed by atoms with van der Waals surface area (Å²) < 4.78 is 5.46. The Morgan fingerprint density at radius 1 is 1.23 bits per heavy atom. The summed E-state index contributed by atoms with van der Waals surface area (Å²) in [5.74, 6) is 0.748. The third-order valence-corrected chi connectivity index (χ3v) is 6.68. The SMILES string of the molecule is CN=C(NCc1cccc(NC(=O)C2CCCO2)c1)NC1CCN(c2cccs2)CC1. The fourth-order valence-electron chi connectivity index (χ4n) is 4.03. The van der Waals surface area contributed by atoms with Crippen molar-refractivity contribution in [3.8, 4) is 0 Å². The van der Waals surface area contributed by atoms with E-state index in [1.54, 1.807) is 18.4 Å². The van der Waals surface area contributed by atoms with E-state index in [1.165, 1.54) is 5.00 Å². The molecule has 2 aliphatic rings. The molecule has 1 amide bonds. The number of benzene rings is 1. The van der Waals surface area contributed by atoms with Gasteiger partial charge in [0.2, 0.25) is 0 Å². The molecule has 2 aliphatic heterocycles. The highest BCUT2D eigenvalue weighted by atomic mass is 32.1. The monoisotopic (exact) mass is 441 g/mol. The van der Waals surface area contributed by atoms with Crippen molar-refractivity contribution in [2.75, 3.05) is 37.0 Å². The molecule has 1 atom stereocenters. The second-order valence-corrected chi connectivity index (χ2v) is 8.90. The minimum absolute atomic E-state index is 0.0611. The fourth-order valence-corrected chi connectivity index (χ4v) is 4.82. The van der Waals surface area contributed by atoms with Crippen LogP contribution < -0.4 is 20.9 Å². The summed E-state index contributed by atoms with van der Waals surface area (Å²) in [6, 6.07) is 12.6. The van der Waals surface area contributed by atoms with Crippen molar-refractivity contribution in [1.82, 2.24) is 10.6 Å². The number of ether oxygens (including phenoxy) is 1. The summed E-state index contributed by atoms with van der Waals surface area (Å²) in [4.78, 5) is 19.1. The summed E-state index contributed by atoms with van der Waals surface area (Å²) >= 11 is 1.80. The first-order chi connectivity index (χ1) is 15.2. The number of nitrogens with zero attached hydrogens (tertiary/aromatic N) is 2. The minimum atomic E-state index is -0.323. The molecule has 2 fully saturated rings. The molecule has 2 aromatic rings. The number of anilines is 2. The van der Waals surface area contributed by atoms with Gasteiger partial charge in [0, 0.05) is 45.0 Å². The van der Waals surface area contributed by atoms with E-state index in [0.717, 1.165) is 56.0 Å². The Labute approximate surface area is 187 Å². The Morgan fingerprint density at radius 3 is 2.81 bits per heavy atom. The molecule has 7 nitrogen and oxygen atoms in total. The van der Waals surface area contributed by atoms with E-state index >= 15 is 0 Å². The number of thiophene rings is 1. The lowest BCUT2D eigenvalue weighted by molar-refractivity contribution is -0.124. The molecule has 1 unspecified atom stereocenters. The second kappa shape index (κ2) is 10.6.